The van der Waals surface area contributed by atoms with E-state index in [0.29, 0.717) is 22.6 Å². The molecule has 0 aromatic heterocycles. The fourth-order valence-electron chi connectivity index (χ4n) is 2.97. The first-order valence-electron chi connectivity index (χ1n) is 10.1. The van der Waals surface area contributed by atoms with Crippen molar-refractivity contribution in [3.63, 3.8) is 0 Å². The van der Waals surface area contributed by atoms with Gasteiger partial charge in [-0.2, -0.15) is 0 Å². The molecule has 3 aromatic carbocycles. The van der Waals surface area contributed by atoms with Gasteiger partial charge in [0, 0.05) is 11.1 Å². The summed E-state index contributed by atoms with van der Waals surface area (Å²) in [6.45, 7) is 5.89. The Morgan fingerprint density at radius 3 is 1.71 bits per heavy atom. The van der Waals surface area contributed by atoms with Crippen LogP contribution in [0.1, 0.15) is 53.1 Å². The fourth-order valence-corrected chi connectivity index (χ4v) is 2.97. The molecule has 0 fully saturated rings. The Kier molecular flexibility index (Phi) is 6.92. The van der Waals surface area contributed by atoms with Crippen molar-refractivity contribution < 1.29 is 19.1 Å². The number of rotatable bonds is 8. The zero-order valence-electron chi connectivity index (χ0n) is 17.8. The average molecular weight is 418 g/mol. The van der Waals surface area contributed by atoms with Crippen LogP contribution in [0.5, 0.6) is 17.2 Å². The summed E-state index contributed by atoms with van der Waals surface area (Å²) in [5.74, 6) is 1.29. The minimum atomic E-state index is -0.490. The van der Waals surface area contributed by atoms with Gasteiger partial charge in [0.05, 0.1) is 12.1 Å². The van der Waals surface area contributed by atoms with E-state index in [4.69, 9.17) is 15.2 Å². The third kappa shape index (κ3) is 6.09. The summed E-state index contributed by atoms with van der Waals surface area (Å²) < 4.78 is 11.4. The number of ether oxygens (including phenoxy) is 2. The zero-order valence-corrected chi connectivity index (χ0v) is 17.8. The first kappa shape index (κ1) is 21.9. The number of benzene rings is 3. The lowest BCUT2D eigenvalue weighted by Crippen LogP contribution is -2.26. The van der Waals surface area contributed by atoms with Crippen LogP contribution >= 0.6 is 0 Å². The second-order valence-electron chi connectivity index (χ2n) is 7.45. The maximum Gasteiger partial charge on any atom is 0.251 e. The number of carbonyl (C=O) groups excluding carboxylic acids is 2. The van der Waals surface area contributed by atoms with Crippen molar-refractivity contribution in [3.05, 3.63) is 89.5 Å². The van der Waals surface area contributed by atoms with Gasteiger partial charge >= 0.3 is 0 Å². The lowest BCUT2D eigenvalue weighted by atomic mass is 10.1. The van der Waals surface area contributed by atoms with Crippen molar-refractivity contribution in [2.24, 2.45) is 5.73 Å². The van der Waals surface area contributed by atoms with E-state index in [1.807, 2.05) is 45.0 Å². The fraction of sp³-hybridized carbons (Fsp3) is 0.200. The number of nitrogens with one attached hydrogen (secondary N) is 1. The zero-order chi connectivity index (χ0) is 22.4. The molecule has 0 heterocycles. The molecule has 3 rings (SSSR count). The van der Waals surface area contributed by atoms with Gasteiger partial charge in [0.25, 0.3) is 5.91 Å². The molecule has 160 valence electrons. The Morgan fingerprint density at radius 2 is 1.23 bits per heavy atom. The van der Waals surface area contributed by atoms with Crippen molar-refractivity contribution in [3.8, 4) is 17.2 Å². The van der Waals surface area contributed by atoms with Gasteiger partial charge in [-0.05, 0) is 87.0 Å². The van der Waals surface area contributed by atoms with Gasteiger partial charge in [0.15, 0.2) is 0 Å². The topological polar surface area (TPSA) is 90.7 Å². The first-order chi connectivity index (χ1) is 14.8. The van der Waals surface area contributed by atoms with Gasteiger partial charge in [-0.15, -0.1) is 0 Å². The van der Waals surface area contributed by atoms with Crippen LogP contribution in [-0.4, -0.2) is 17.9 Å². The van der Waals surface area contributed by atoms with Crippen LogP contribution in [0.15, 0.2) is 72.8 Å². The van der Waals surface area contributed by atoms with E-state index in [9.17, 15) is 9.59 Å². The van der Waals surface area contributed by atoms with E-state index in [0.717, 1.165) is 11.3 Å². The Morgan fingerprint density at radius 1 is 0.742 bits per heavy atom. The second-order valence-corrected chi connectivity index (χ2v) is 7.45. The highest BCUT2D eigenvalue weighted by Gasteiger charge is 2.12. The molecule has 0 bridgehead atoms. The molecule has 0 aliphatic carbocycles. The lowest BCUT2D eigenvalue weighted by Gasteiger charge is -2.16. The summed E-state index contributed by atoms with van der Waals surface area (Å²) in [4.78, 5) is 23.7. The van der Waals surface area contributed by atoms with Crippen molar-refractivity contribution in [1.29, 1.82) is 0 Å². The molecule has 0 saturated heterocycles. The summed E-state index contributed by atoms with van der Waals surface area (Å²) in [7, 11) is 0. The third-order valence-corrected chi connectivity index (χ3v) is 4.59. The predicted molar refractivity (Wildman–Crippen MR) is 120 cm³/mol. The standard InChI is InChI=1S/C25H26N2O4/c1-16(2)30-21-10-4-18(5-11-21)17(3)27-25(29)20-8-14-23(15-9-20)31-22-12-6-19(7-13-22)24(26)28/h4-17H,1-3H3,(H2,26,28)(H,27,29). The van der Waals surface area contributed by atoms with Gasteiger partial charge in [-0.1, -0.05) is 12.1 Å². The largest absolute Gasteiger partial charge is 0.491 e. The third-order valence-electron chi connectivity index (χ3n) is 4.59. The number of primary amides is 1. The molecule has 0 aliphatic rings. The lowest BCUT2D eigenvalue weighted by molar-refractivity contribution is 0.0938. The maximum absolute atomic E-state index is 12.6. The summed E-state index contributed by atoms with van der Waals surface area (Å²) in [6.07, 6.45) is 0.115. The van der Waals surface area contributed by atoms with Crippen molar-refractivity contribution in [2.45, 2.75) is 32.9 Å². The van der Waals surface area contributed by atoms with E-state index in [1.54, 1.807) is 48.5 Å². The monoisotopic (exact) mass is 418 g/mol. The number of hydrogen-bond donors (Lipinski definition) is 2. The van der Waals surface area contributed by atoms with Crippen LogP contribution in [-0.2, 0) is 0 Å². The Hall–Kier alpha value is -3.80. The number of amides is 2. The molecular weight excluding hydrogens is 392 g/mol. The highest BCUT2D eigenvalue weighted by molar-refractivity contribution is 5.94. The molecule has 6 heteroatoms. The van der Waals surface area contributed by atoms with Crippen molar-refractivity contribution in [2.75, 3.05) is 0 Å². The van der Waals surface area contributed by atoms with Gasteiger partial charge < -0.3 is 20.5 Å². The molecule has 2 amide bonds. The molecule has 31 heavy (non-hydrogen) atoms. The van der Waals surface area contributed by atoms with E-state index < -0.39 is 5.91 Å². The quantitative estimate of drug-likeness (QED) is 0.547. The van der Waals surface area contributed by atoms with E-state index >= 15 is 0 Å². The molecule has 3 N–H and O–H groups in total. The van der Waals surface area contributed by atoms with Crippen LogP contribution in [0, 0.1) is 0 Å². The number of hydrogen-bond acceptors (Lipinski definition) is 4. The molecule has 1 atom stereocenters. The summed E-state index contributed by atoms with van der Waals surface area (Å²) >= 11 is 0. The second kappa shape index (κ2) is 9.80. The molecular formula is C25H26N2O4. The van der Waals surface area contributed by atoms with E-state index in [-0.39, 0.29) is 18.1 Å². The SMILES string of the molecule is CC(C)Oc1ccc(C(C)NC(=O)c2ccc(Oc3ccc(C(N)=O)cc3)cc2)cc1. The molecule has 0 saturated carbocycles. The Balaban J connectivity index is 1.58. The van der Waals surface area contributed by atoms with Gasteiger partial charge in [0.2, 0.25) is 5.91 Å². The van der Waals surface area contributed by atoms with Gasteiger partial charge in [-0.3, -0.25) is 9.59 Å². The highest BCUT2D eigenvalue weighted by atomic mass is 16.5. The minimum absolute atomic E-state index is 0.115. The number of nitrogens with two attached hydrogens (primary N) is 1. The molecule has 0 radical (unpaired) electrons. The normalized spacial score (nSPS) is 11.6. The van der Waals surface area contributed by atoms with Crippen LogP contribution in [0.3, 0.4) is 0 Å². The van der Waals surface area contributed by atoms with Crippen molar-refractivity contribution in [1.82, 2.24) is 5.32 Å². The van der Waals surface area contributed by atoms with E-state index in [1.165, 1.54) is 0 Å². The van der Waals surface area contributed by atoms with Crippen LogP contribution < -0.4 is 20.5 Å². The minimum Gasteiger partial charge on any atom is -0.491 e. The predicted octanol–water partition coefficient (Wildman–Crippen LogP) is 4.86. The van der Waals surface area contributed by atoms with Gasteiger partial charge in [0.1, 0.15) is 17.2 Å². The molecule has 1 unspecified atom stereocenters. The Labute approximate surface area is 182 Å². The van der Waals surface area contributed by atoms with Gasteiger partial charge in [-0.25, -0.2) is 0 Å². The maximum atomic E-state index is 12.6. The molecule has 3 aromatic rings. The summed E-state index contributed by atoms with van der Waals surface area (Å²) in [5, 5.41) is 2.99. The molecule has 0 spiro atoms. The molecule has 0 aliphatic heterocycles. The summed E-state index contributed by atoms with van der Waals surface area (Å²) in [5.41, 5.74) is 7.17. The first-order valence-corrected chi connectivity index (χ1v) is 10.1. The van der Waals surface area contributed by atoms with Crippen LogP contribution in [0.2, 0.25) is 0 Å². The number of carbonyl (C=O) groups is 2. The van der Waals surface area contributed by atoms with E-state index in [2.05, 4.69) is 5.32 Å². The van der Waals surface area contributed by atoms with Crippen LogP contribution in [0.25, 0.3) is 0 Å². The summed E-state index contributed by atoms with van der Waals surface area (Å²) in [6, 6.07) is 20.9. The Bertz CT molecular complexity index is 1030. The smallest absolute Gasteiger partial charge is 0.251 e. The average Bonchev–Trinajstić information content (AvgIpc) is 2.74. The highest BCUT2D eigenvalue weighted by Crippen LogP contribution is 2.23. The molecule has 6 nitrogen and oxygen atoms in total. The van der Waals surface area contributed by atoms with Crippen LogP contribution in [0.4, 0.5) is 0 Å². The van der Waals surface area contributed by atoms with Crippen molar-refractivity contribution >= 4 is 11.8 Å².